The molecule has 0 spiro atoms. The maximum absolute atomic E-state index is 5.50. The zero-order valence-electron chi connectivity index (χ0n) is 31.9. The Morgan fingerprint density at radius 1 is 0.561 bits per heavy atom. The number of para-hydroxylation sites is 2. The summed E-state index contributed by atoms with van der Waals surface area (Å²) >= 11 is 0. The molecule has 2 heteroatoms. The van der Waals surface area contributed by atoms with Crippen molar-refractivity contribution >= 4 is 44.4 Å². The zero-order chi connectivity index (χ0) is 38.3. The number of hydrogen-bond acceptors (Lipinski definition) is 0. The molecule has 0 bridgehead atoms. The van der Waals surface area contributed by atoms with Gasteiger partial charge in [0.1, 0.15) is 0 Å². The predicted octanol–water partition coefficient (Wildman–Crippen LogP) is 14.3. The van der Waals surface area contributed by atoms with E-state index >= 15 is 0 Å². The fraction of sp³-hybridized carbons (Fsp3) is 0.0545. The molecule has 1 aliphatic carbocycles. The fourth-order valence-corrected chi connectivity index (χ4v) is 8.82. The number of hydrogen-bond donors (Lipinski definition) is 0. The molecule has 0 aliphatic heterocycles. The van der Waals surface area contributed by atoms with Gasteiger partial charge in [-0.25, -0.2) is 0 Å². The third kappa shape index (κ3) is 5.93. The smallest absolute Gasteiger partial charge is 0.0541 e. The van der Waals surface area contributed by atoms with Crippen LogP contribution in [-0.4, -0.2) is 9.13 Å². The standard InChI is InChI=1S/C55H40N2/c1-3-4-7-18-38(2)44-23-12-15-26-50(44)56-51-27-16-13-24-45(51)48-36-42(30-33-54(48)56)43-31-34-55-49(37-43)46-25-14-17-28-52(46)57(55)53-32-29-41(39-19-8-5-9-20-39)35-47(53)40-21-10-6-11-22-40/h1,4-15,17-26,28-37H,16,27H2,2H3/b7-4-,38-18+. The lowest BCUT2D eigenvalue weighted by Crippen LogP contribution is -2.05. The van der Waals surface area contributed by atoms with Crippen molar-refractivity contribution in [3.63, 3.8) is 0 Å². The lowest BCUT2D eigenvalue weighted by Gasteiger charge is -2.17. The first kappa shape index (κ1) is 34.2. The summed E-state index contributed by atoms with van der Waals surface area (Å²) in [6.45, 7) is 2.16. The van der Waals surface area contributed by atoms with E-state index in [-0.39, 0.29) is 0 Å². The minimum atomic E-state index is 0.993. The van der Waals surface area contributed by atoms with Crippen LogP contribution >= 0.6 is 0 Å². The first-order valence-electron chi connectivity index (χ1n) is 19.7. The summed E-state index contributed by atoms with van der Waals surface area (Å²) < 4.78 is 4.94. The van der Waals surface area contributed by atoms with E-state index in [9.17, 15) is 0 Å². The van der Waals surface area contributed by atoms with Crippen LogP contribution in [0.4, 0.5) is 0 Å². The number of rotatable bonds is 7. The van der Waals surface area contributed by atoms with Crippen molar-refractivity contribution in [3.8, 4) is 57.1 Å². The van der Waals surface area contributed by atoms with Crippen LogP contribution in [0, 0.1) is 12.3 Å². The Balaban J connectivity index is 1.13. The van der Waals surface area contributed by atoms with Gasteiger partial charge in [-0.05, 0) is 108 Å². The van der Waals surface area contributed by atoms with Crippen LogP contribution in [0.3, 0.4) is 0 Å². The monoisotopic (exact) mass is 728 g/mol. The number of benzene rings is 7. The van der Waals surface area contributed by atoms with Gasteiger partial charge in [0.05, 0.1) is 27.9 Å². The number of terminal acetylenes is 1. The molecule has 2 heterocycles. The molecule has 2 nitrogen and oxygen atoms in total. The summed E-state index contributed by atoms with van der Waals surface area (Å²) in [6.07, 6.45) is 18.0. The van der Waals surface area contributed by atoms with Gasteiger partial charge in [0.2, 0.25) is 0 Å². The predicted molar refractivity (Wildman–Crippen MR) is 243 cm³/mol. The van der Waals surface area contributed by atoms with Crippen molar-refractivity contribution in [3.05, 3.63) is 205 Å². The normalized spacial score (nSPS) is 12.8. The third-order valence-corrected chi connectivity index (χ3v) is 11.5. The average Bonchev–Trinajstić information content (AvgIpc) is 3.79. The summed E-state index contributed by atoms with van der Waals surface area (Å²) in [4.78, 5) is 0. The molecule has 9 aromatic rings. The lowest BCUT2D eigenvalue weighted by molar-refractivity contribution is 0.887. The molecule has 0 N–H and O–H groups in total. The molecule has 0 unspecified atom stereocenters. The van der Waals surface area contributed by atoms with E-state index in [4.69, 9.17) is 6.42 Å². The second-order valence-corrected chi connectivity index (χ2v) is 14.8. The Morgan fingerprint density at radius 2 is 1.19 bits per heavy atom. The SMILES string of the molecule is C#C/C=C\C=C(/C)c1ccccc1-n1c2c(c3cc(-c4ccc5c(c4)c4ccccc4n5-c4ccc(-c5ccccc5)cc4-c4ccccc4)ccc31)C=CCC2. The van der Waals surface area contributed by atoms with Gasteiger partial charge in [-0.3, -0.25) is 0 Å². The van der Waals surface area contributed by atoms with Gasteiger partial charge in [0, 0.05) is 38.5 Å². The molecule has 57 heavy (non-hydrogen) atoms. The van der Waals surface area contributed by atoms with Crippen LogP contribution in [-0.2, 0) is 6.42 Å². The molecular formula is C55H40N2. The lowest BCUT2D eigenvalue weighted by atomic mass is 9.97. The Kier molecular flexibility index (Phi) is 8.62. The van der Waals surface area contributed by atoms with Crippen molar-refractivity contribution in [2.24, 2.45) is 0 Å². The Morgan fingerprint density at radius 3 is 1.98 bits per heavy atom. The highest BCUT2D eigenvalue weighted by Gasteiger charge is 2.22. The molecule has 10 rings (SSSR count). The van der Waals surface area contributed by atoms with Crippen LogP contribution < -0.4 is 0 Å². The molecule has 1 aliphatic rings. The minimum Gasteiger partial charge on any atom is -0.312 e. The van der Waals surface area contributed by atoms with Crippen LogP contribution in [0.15, 0.2) is 188 Å². The highest BCUT2D eigenvalue weighted by Crippen LogP contribution is 2.42. The first-order valence-corrected chi connectivity index (χ1v) is 19.7. The molecule has 0 saturated heterocycles. The summed E-state index contributed by atoms with van der Waals surface area (Å²) in [5.41, 5.74) is 18.2. The molecule has 0 amide bonds. The Labute approximate surface area is 334 Å². The van der Waals surface area contributed by atoms with Gasteiger partial charge in [0.25, 0.3) is 0 Å². The number of nitrogens with zero attached hydrogens (tertiary/aromatic N) is 2. The highest BCUT2D eigenvalue weighted by atomic mass is 15.0. The van der Waals surface area contributed by atoms with Gasteiger partial charge in [-0.15, -0.1) is 6.42 Å². The van der Waals surface area contributed by atoms with Gasteiger partial charge in [-0.1, -0.05) is 145 Å². The van der Waals surface area contributed by atoms with E-state index in [1.807, 2.05) is 6.08 Å². The van der Waals surface area contributed by atoms with Crippen molar-refractivity contribution in [1.82, 2.24) is 9.13 Å². The number of fused-ring (bicyclic) bond motifs is 6. The van der Waals surface area contributed by atoms with Crippen LogP contribution in [0.2, 0.25) is 0 Å². The maximum atomic E-state index is 5.50. The molecule has 0 atom stereocenters. The average molecular weight is 729 g/mol. The number of aromatic nitrogens is 2. The largest absolute Gasteiger partial charge is 0.312 e. The molecule has 0 saturated carbocycles. The third-order valence-electron chi connectivity index (χ3n) is 11.5. The highest BCUT2D eigenvalue weighted by molar-refractivity contribution is 6.11. The van der Waals surface area contributed by atoms with Crippen LogP contribution in [0.1, 0.15) is 30.2 Å². The second-order valence-electron chi connectivity index (χ2n) is 14.8. The summed E-state index contributed by atoms with van der Waals surface area (Å²) in [5.74, 6) is 2.60. The maximum Gasteiger partial charge on any atom is 0.0541 e. The quantitative estimate of drug-likeness (QED) is 0.114. The van der Waals surface area contributed by atoms with E-state index in [0.717, 1.165) is 12.8 Å². The molecule has 270 valence electrons. The second kappa shape index (κ2) is 14.4. The van der Waals surface area contributed by atoms with Crippen LogP contribution in [0.5, 0.6) is 0 Å². The van der Waals surface area contributed by atoms with Crippen molar-refractivity contribution < 1.29 is 0 Å². The number of allylic oxidation sites excluding steroid dienone is 5. The van der Waals surface area contributed by atoms with Gasteiger partial charge in [0.15, 0.2) is 0 Å². The summed E-state index contributed by atoms with van der Waals surface area (Å²) in [5, 5.41) is 3.75. The Hall–Kier alpha value is -7.34. The molecule has 7 aromatic carbocycles. The molecular weight excluding hydrogens is 689 g/mol. The van der Waals surface area contributed by atoms with E-state index in [1.54, 1.807) is 6.08 Å². The van der Waals surface area contributed by atoms with Gasteiger partial charge in [-0.2, -0.15) is 0 Å². The Bertz CT molecular complexity index is 3120. The molecule has 0 fully saturated rings. The van der Waals surface area contributed by atoms with Crippen LogP contribution in [0.25, 0.3) is 89.1 Å². The van der Waals surface area contributed by atoms with Crippen molar-refractivity contribution in [2.45, 2.75) is 19.8 Å². The van der Waals surface area contributed by atoms with Crippen molar-refractivity contribution in [1.29, 1.82) is 0 Å². The summed E-state index contributed by atoms with van der Waals surface area (Å²) in [7, 11) is 0. The fourth-order valence-electron chi connectivity index (χ4n) is 8.82. The first-order chi connectivity index (χ1) is 28.2. The minimum absolute atomic E-state index is 0.993. The van der Waals surface area contributed by atoms with Gasteiger partial charge < -0.3 is 9.13 Å². The molecule has 2 aromatic heterocycles. The molecule has 0 radical (unpaired) electrons. The van der Waals surface area contributed by atoms with Crippen molar-refractivity contribution in [2.75, 3.05) is 0 Å². The topological polar surface area (TPSA) is 9.86 Å². The van der Waals surface area contributed by atoms with E-state index in [0.29, 0.717) is 0 Å². The van der Waals surface area contributed by atoms with E-state index in [1.165, 1.54) is 99.9 Å². The summed E-state index contributed by atoms with van der Waals surface area (Å²) in [6, 6.07) is 59.9. The van der Waals surface area contributed by atoms with E-state index in [2.05, 4.69) is 204 Å². The van der Waals surface area contributed by atoms with E-state index < -0.39 is 0 Å². The zero-order valence-corrected chi connectivity index (χ0v) is 31.9. The van der Waals surface area contributed by atoms with Gasteiger partial charge >= 0.3 is 0 Å².